The fraction of sp³-hybridized carbons (Fsp3) is 0.486. The van der Waals surface area contributed by atoms with E-state index in [0.29, 0.717) is 34.0 Å². The van der Waals surface area contributed by atoms with Crippen molar-refractivity contribution in [2.45, 2.75) is 106 Å². The van der Waals surface area contributed by atoms with Gasteiger partial charge < -0.3 is 44.1 Å². The number of carbonyl (C=O) groups is 2. The molecule has 2 bridgehead atoms. The first-order chi connectivity index (χ1) is 25.3. The van der Waals surface area contributed by atoms with E-state index in [-0.39, 0.29) is 53.0 Å². The van der Waals surface area contributed by atoms with E-state index < -0.39 is 60.2 Å². The van der Waals surface area contributed by atoms with Crippen LogP contribution in [0, 0.1) is 5.82 Å². The third-order valence-corrected chi connectivity index (χ3v) is 11.4. The van der Waals surface area contributed by atoms with Crippen LogP contribution in [0.25, 0.3) is 21.5 Å². The number of aliphatic hydroxyl groups is 3. The maximum Gasteiger partial charge on any atom is 0.417 e. The van der Waals surface area contributed by atoms with Gasteiger partial charge in [-0.2, -0.15) is 13.2 Å². The van der Waals surface area contributed by atoms with Gasteiger partial charge in [0.25, 0.3) is 0 Å². The van der Waals surface area contributed by atoms with Gasteiger partial charge in [0.1, 0.15) is 35.3 Å². The highest BCUT2D eigenvalue weighted by Gasteiger charge is 2.49. The number of benzene rings is 2. The molecule has 2 aromatic heterocycles. The molecular weight excluding hydrogens is 730 g/mol. The van der Waals surface area contributed by atoms with Gasteiger partial charge in [-0.05, 0) is 56.7 Å². The fourth-order valence-electron chi connectivity index (χ4n) is 7.58. The van der Waals surface area contributed by atoms with Gasteiger partial charge in [0.2, 0.25) is 6.29 Å². The molecule has 2 aromatic carbocycles. The van der Waals surface area contributed by atoms with Crippen molar-refractivity contribution < 1.29 is 66.3 Å². The molecule has 3 aliphatic heterocycles. The summed E-state index contributed by atoms with van der Waals surface area (Å²) in [6.07, 6.45) is -10.2. The number of aliphatic carboxylic acids is 1. The summed E-state index contributed by atoms with van der Waals surface area (Å²) in [6.45, 7) is 0.0334. The van der Waals surface area contributed by atoms with Gasteiger partial charge in [0.15, 0.2) is 17.1 Å². The minimum absolute atomic E-state index is 0.0171. The minimum Gasteiger partial charge on any atom is -0.479 e. The van der Waals surface area contributed by atoms with Crippen molar-refractivity contribution in [3.05, 3.63) is 64.7 Å². The van der Waals surface area contributed by atoms with Crippen LogP contribution in [0.5, 0.6) is 0 Å². The number of halogens is 4. The summed E-state index contributed by atoms with van der Waals surface area (Å²) in [7, 11) is 0. The van der Waals surface area contributed by atoms with Crippen LogP contribution in [-0.2, 0) is 31.8 Å². The first-order valence-electron chi connectivity index (χ1n) is 17.1. The van der Waals surface area contributed by atoms with Gasteiger partial charge in [-0.3, -0.25) is 0 Å². The average molecular weight is 764 g/mol. The minimum atomic E-state index is -4.58. The average Bonchev–Trinajstić information content (AvgIpc) is 3.63. The van der Waals surface area contributed by atoms with E-state index in [0.717, 1.165) is 49.2 Å². The lowest BCUT2D eigenvalue weighted by Gasteiger charge is -2.38. The molecule has 13 nitrogen and oxygen atoms in total. The van der Waals surface area contributed by atoms with Crippen molar-refractivity contribution in [2.24, 2.45) is 0 Å². The number of aromatic nitrogens is 2. The molecule has 5 heterocycles. The Bertz CT molecular complexity index is 2040. The smallest absolute Gasteiger partial charge is 0.417 e. The van der Waals surface area contributed by atoms with Gasteiger partial charge in [-0.1, -0.05) is 34.7 Å². The molecule has 8 rings (SSSR count). The van der Waals surface area contributed by atoms with Crippen LogP contribution in [0.3, 0.4) is 0 Å². The zero-order valence-corrected chi connectivity index (χ0v) is 28.4. The molecule has 0 amide bonds. The van der Waals surface area contributed by atoms with Crippen LogP contribution in [0.4, 0.5) is 22.7 Å². The molecule has 4 fully saturated rings. The Kier molecular flexibility index (Phi) is 9.18. The van der Waals surface area contributed by atoms with Crippen molar-refractivity contribution in [3.8, 4) is 11.3 Å². The van der Waals surface area contributed by atoms with Gasteiger partial charge in [-0.25, -0.2) is 19.0 Å². The topological polar surface area (TPSA) is 185 Å². The molecule has 0 radical (unpaired) electrons. The Hall–Kier alpha value is -4.20. The largest absolute Gasteiger partial charge is 0.479 e. The van der Waals surface area contributed by atoms with Gasteiger partial charge in [0, 0.05) is 29.1 Å². The molecule has 7 unspecified atom stereocenters. The molecule has 7 atom stereocenters. The highest BCUT2D eigenvalue weighted by atomic mass is 32.1. The van der Waals surface area contributed by atoms with Crippen LogP contribution in [0.15, 0.2) is 40.9 Å². The SMILES string of the molecule is O=C(OC1OC(C(=O)O)C(O)C(O)C1O)c1cc(F)c2nc(N3C4CCC3CC(OCc3c(-c5ccccc5C(F)(F)F)noc3C3CC3)C4)sc2c1. The van der Waals surface area contributed by atoms with Gasteiger partial charge in [-0.15, -0.1) is 0 Å². The summed E-state index contributed by atoms with van der Waals surface area (Å²) >= 11 is 1.16. The number of thiazole rings is 1. The van der Waals surface area contributed by atoms with Crippen LogP contribution in [0.1, 0.15) is 71.7 Å². The van der Waals surface area contributed by atoms with Crippen LogP contribution < -0.4 is 4.90 Å². The summed E-state index contributed by atoms with van der Waals surface area (Å²) in [6, 6.07) is 7.47. The van der Waals surface area contributed by atoms with Crippen molar-refractivity contribution in [1.29, 1.82) is 0 Å². The van der Waals surface area contributed by atoms with Crippen molar-refractivity contribution >= 4 is 38.6 Å². The van der Waals surface area contributed by atoms with E-state index in [1.165, 1.54) is 24.3 Å². The Morgan fingerprint density at radius 2 is 1.72 bits per heavy atom. The number of nitrogens with zero attached hydrogens (tertiary/aromatic N) is 3. The monoisotopic (exact) mass is 763 g/mol. The Morgan fingerprint density at radius 3 is 2.40 bits per heavy atom. The molecule has 3 saturated heterocycles. The number of carbonyl (C=O) groups excluding carboxylic acids is 1. The Labute approximate surface area is 301 Å². The van der Waals surface area contributed by atoms with Gasteiger partial charge >= 0.3 is 18.1 Å². The summed E-state index contributed by atoms with van der Waals surface area (Å²) < 4.78 is 79.5. The second kappa shape index (κ2) is 13.6. The second-order valence-corrected chi connectivity index (χ2v) is 14.8. The van der Waals surface area contributed by atoms with Crippen LogP contribution in [0.2, 0.25) is 0 Å². The lowest BCUT2D eigenvalue weighted by molar-refractivity contribution is -0.278. The van der Waals surface area contributed by atoms with Crippen molar-refractivity contribution in [1.82, 2.24) is 10.1 Å². The van der Waals surface area contributed by atoms with E-state index in [1.807, 2.05) is 0 Å². The predicted octanol–water partition coefficient (Wildman–Crippen LogP) is 4.75. The zero-order chi connectivity index (χ0) is 37.3. The van der Waals surface area contributed by atoms with Crippen LogP contribution >= 0.6 is 11.3 Å². The molecule has 1 aliphatic carbocycles. The standard InChI is InChI=1S/C35H33F4N3O10S/c36-22-9-15(32(48)51-33-28(45)26(43)27(44)30(50-33)31(46)47)10-23-25(22)40-34(53-23)42-16-7-8-17(42)12-18(11-16)49-13-20-24(41-52-29(20)14-5-6-14)19-3-1-2-4-21(19)35(37,38)39/h1-4,9-10,14,16-18,26-28,30,33,43-45H,5-8,11-13H2,(H,46,47). The quantitative estimate of drug-likeness (QED) is 0.135. The third-order valence-electron chi connectivity index (χ3n) is 10.3. The highest BCUT2D eigenvalue weighted by molar-refractivity contribution is 7.22. The highest BCUT2D eigenvalue weighted by Crippen LogP contribution is 2.47. The Morgan fingerprint density at radius 1 is 1.00 bits per heavy atom. The number of alkyl halides is 3. The number of piperidine rings is 1. The molecule has 53 heavy (non-hydrogen) atoms. The number of fused-ring (bicyclic) bond motifs is 3. The van der Waals surface area contributed by atoms with E-state index in [2.05, 4.69) is 15.0 Å². The third kappa shape index (κ3) is 6.65. The lowest BCUT2D eigenvalue weighted by Crippen LogP contribution is -2.60. The summed E-state index contributed by atoms with van der Waals surface area (Å²) in [5, 5.41) is 44.0. The maximum absolute atomic E-state index is 15.4. The lowest BCUT2D eigenvalue weighted by atomic mass is 9.98. The number of carboxylic acid groups (broad SMARTS) is 1. The number of anilines is 1. The predicted molar refractivity (Wildman–Crippen MR) is 175 cm³/mol. The normalized spacial score (nSPS) is 28.8. The molecule has 4 N–H and O–H groups in total. The number of hydrogen-bond acceptors (Lipinski definition) is 13. The molecule has 18 heteroatoms. The van der Waals surface area contributed by atoms with Crippen LogP contribution in [-0.4, -0.2) is 91.4 Å². The van der Waals surface area contributed by atoms with E-state index in [1.54, 1.807) is 0 Å². The number of esters is 1. The van der Waals surface area contributed by atoms with Gasteiger partial charge in [0.05, 0.1) is 28.5 Å². The summed E-state index contributed by atoms with van der Waals surface area (Å²) in [4.78, 5) is 31.0. The first-order valence-corrected chi connectivity index (χ1v) is 17.9. The second-order valence-electron chi connectivity index (χ2n) is 13.8. The molecule has 4 aliphatic rings. The Balaban J connectivity index is 0.969. The number of aliphatic hydroxyl groups excluding tert-OH is 3. The molecule has 1 saturated carbocycles. The maximum atomic E-state index is 15.4. The molecule has 0 spiro atoms. The summed E-state index contributed by atoms with van der Waals surface area (Å²) in [5.41, 5.74) is -0.470. The van der Waals surface area contributed by atoms with E-state index in [4.69, 9.17) is 18.7 Å². The van der Waals surface area contributed by atoms with Crippen molar-refractivity contribution in [3.63, 3.8) is 0 Å². The zero-order valence-electron chi connectivity index (χ0n) is 27.6. The number of hydrogen-bond donors (Lipinski definition) is 4. The van der Waals surface area contributed by atoms with E-state index >= 15 is 4.39 Å². The van der Waals surface area contributed by atoms with E-state index in [9.17, 15) is 43.2 Å². The summed E-state index contributed by atoms with van der Waals surface area (Å²) in [5.74, 6) is -3.00. The number of rotatable bonds is 9. The molecular formula is C35H33F4N3O10S. The fourth-order valence-corrected chi connectivity index (χ4v) is 8.74. The number of ether oxygens (including phenoxy) is 3. The molecule has 4 aromatic rings. The number of carboxylic acids is 1. The van der Waals surface area contributed by atoms with Crippen molar-refractivity contribution in [2.75, 3.05) is 4.90 Å². The first kappa shape index (κ1) is 35.8. The molecule has 282 valence electrons.